The number of nitrogens with zero attached hydrogens (tertiary/aromatic N) is 1. The third kappa shape index (κ3) is 2.63. The summed E-state index contributed by atoms with van der Waals surface area (Å²) in [5.41, 5.74) is 1.23. The number of rotatable bonds is 3. The normalized spacial score (nSPS) is 20.1. The number of benzene rings is 1. The van der Waals surface area contributed by atoms with Crippen molar-refractivity contribution in [2.75, 3.05) is 6.54 Å². The Kier molecular flexibility index (Phi) is 3.60. The molecule has 0 bridgehead atoms. The van der Waals surface area contributed by atoms with Crippen LogP contribution in [-0.2, 0) is 11.2 Å². The number of carbonyl (C=O) groups is 1. The van der Waals surface area contributed by atoms with E-state index in [2.05, 4.69) is 19.1 Å². The smallest absolute Gasteiger partial charge is 0.223 e. The molecule has 0 aromatic heterocycles. The van der Waals surface area contributed by atoms with Crippen LogP contribution in [0, 0.1) is 6.92 Å². The van der Waals surface area contributed by atoms with Crippen LogP contribution in [0.3, 0.4) is 0 Å². The molecular formula is C14H18NO. The maximum atomic E-state index is 11.9. The number of likely N-dealkylation sites (tertiary alicyclic amines) is 1. The molecule has 1 aliphatic rings. The first-order valence-electron chi connectivity index (χ1n) is 5.94. The van der Waals surface area contributed by atoms with Crippen molar-refractivity contribution in [1.29, 1.82) is 0 Å². The summed E-state index contributed by atoms with van der Waals surface area (Å²) in [6, 6.07) is 10.4. The van der Waals surface area contributed by atoms with Gasteiger partial charge >= 0.3 is 0 Å². The fourth-order valence-corrected chi connectivity index (χ4v) is 2.20. The Morgan fingerprint density at radius 3 is 2.75 bits per heavy atom. The van der Waals surface area contributed by atoms with Crippen LogP contribution in [-0.4, -0.2) is 23.4 Å². The molecule has 85 valence electrons. The molecule has 1 aromatic carbocycles. The average Bonchev–Trinajstić information content (AvgIpc) is 2.74. The molecule has 0 N–H and O–H groups in total. The lowest BCUT2D eigenvalue weighted by molar-refractivity contribution is -0.131. The van der Waals surface area contributed by atoms with E-state index in [4.69, 9.17) is 0 Å². The van der Waals surface area contributed by atoms with Gasteiger partial charge < -0.3 is 4.90 Å². The lowest BCUT2D eigenvalue weighted by atomic mass is 10.1. The summed E-state index contributed by atoms with van der Waals surface area (Å²) in [6.45, 7) is 4.89. The van der Waals surface area contributed by atoms with E-state index in [0.29, 0.717) is 6.42 Å². The Morgan fingerprint density at radius 2 is 2.12 bits per heavy atom. The molecule has 1 amide bonds. The van der Waals surface area contributed by atoms with Crippen LogP contribution in [0.4, 0.5) is 0 Å². The highest BCUT2D eigenvalue weighted by molar-refractivity contribution is 5.77. The number of carbonyl (C=O) groups excluding carboxylic acids is 1. The number of hydrogen-bond acceptors (Lipinski definition) is 1. The minimum atomic E-state index is 0.197. The van der Waals surface area contributed by atoms with Gasteiger partial charge in [-0.15, -0.1) is 0 Å². The molecule has 16 heavy (non-hydrogen) atoms. The molecule has 2 heteroatoms. The summed E-state index contributed by atoms with van der Waals surface area (Å²) in [5, 5.41) is 0. The maximum absolute atomic E-state index is 11.9. The molecule has 0 aliphatic carbocycles. The zero-order chi connectivity index (χ0) is 11.4. The summed E-state index contributed by atoms with van der Waals surface area (Å²) in [7, 11) is 0. The monoisotopic (exact) mass is 216 g/mol. The molecule has 1 radical (unpaired) electrons. The van der Waals surface area contributed by atoms with Gasteiger partial charge in [0.2, 0.25) is 5.91 Å². The van der Waals surface area contributed by atoms with E-state index >= 15 is 0 Å². The predicted octanol–water partition coefficient (Wildman–Crippen LogP) is 2.44. The van der Waals surface area contributed by atoms with Gasteiger partial charge in [-0.3, -0.25) is 4.79 Å². The third-order valence-corrected chi connectivity index (χ3v) is 3.17. The second-order valence-electron chi connectivity index (χ2n) is 4.37. The van der Waals surface area contributed by atoms with E-state index in [0.717, 1.165) is 25.8 Å². The van der Waals surface area contributed by atoms with Gasteiger partial charge in [0.25, 0.3) is 0 Å². The highest BCUT2D eigenvalue weighted by Gasteiger charge is 2.24. The van der Waals surface area contributed by atoms with Gasteiger partial charge in [-0.1, -0.05) is 30.3 Å². The second kappa shape index (κ2) is 5.15. The molecule has 2 nitrogen and oxygen atoms in total. The van der Waals surface area contributed by atoms with Crippen LogP contribution in [0.25, 0.3) is 0 Å². The summed E-state index contributed by atoms with van der Waals surface area (Å²) in [5.74, 6) is 0.251. The summed E-state index contributed by atoms with van der Waals surface area (Å²) in [6.07, 6.45) is 3.60. The van der Waals surface area contributed by atoms with E-state index in [1.807, 2.05) is 23.1 Å². The third-order valence-electron chi connectivity index (χ3n) is 3.17. The first kappa shape index (κ1) is 11.2. The predicted molar refractivity (Wildman–Crippen MR) is 64.9 cm³/mol. The van der Waals surface area contributed by atoms with E-state index in [-0.39, 0.29) is 11.9 Å². The van der Waals surface area contributed by atoms with Gasteiger partial charge in [-0.25, -0.2) is 0 Å². The highest BCUT2D eigenvalue weighted by Crippen LogP contribution is 2.17. The molecule has 2 rings (SSSR count). The molecule has 1 atom stereocenters. The van der Waals surface area contributed by atoms with Gasteiger partial charge in [0, 0.05) is 19.0 Å². The minimum Gasteiger partial charge on any atom is -0.340 e. The molecule has 0 saturated carbocycles. The standard InChI is InChI=1S/C14H18NO/c1-12-6-5-11-15(12)14(16)10-9-13-7-3-2-4-8-13/h2-4,7-8,12H,1,5-6,9-11H2/t12-/m0/s1. The molecule has 1 aliphatic heterocycles. The Hall–Kier alpha value is -1.31. The largest absolute Gasteiger partial charge is 0.340 e. The summed E-state index contributed by atoms with van der Waals surface area (Å²) < 4.78 is 0. The Morgan fingerprint density at radius 1 is 1.38 bits per heavy atom. The van der Waals surface area contributed by atoms with Crippen molar-refractivity contribution in [3.8, 4) is 0 Å². The van der Waals surface area contributed by atoms with Crippen molar-refractivity contribution in [2.24, 2.45) is 0 Å². The topological polar surface area (TPSA) is 20.3 Å². The van der Waals surface area contributed by atoms with E-state index in [1.54, 1.807) is 0 Å². The molecule has 1 aromatic rings. The second-order valence-corrected chi connectivity index (χ2v) is 4.37. The Balaban J connectivity index is 1.84. The van der Waals surface area contributed by atoms with Gasteiger partial charge in [-0.2, -0.15) is 0 Å². The Labute approximate surface area is 97.3 Å². The SMILES string of the molecule is [CH2][C@H]1CCCN1C(=O)CCc1ccccc1. The lowest BCUT2D eigenvalue weighted by Gasteiger charge is -2.21. The van der Waals surface area contributed by atoms with Crippen molar-refractivity contribution >= 4 is 5.91 Å². The van der Waals surface area contributed by atoms with Crippen molar-refractivity contribution < 1.29 is 4.79 Å². The van der Waals surface area contributed by atoms with Crippen molar-refractivity contribution in [2.45, 2.75) is 31.7 Å². The van der Waals surface area contributed by atoms with Crippen molar-refractivity contribution in [1.82, 2.24) is 4.90 Å². The highest BCUT2D eigenvalue weighted by atomic mass is 16.2. The Bertz CT molecular complexity index is 347. The molecule has 1 heterocycles. The van der Waals surface area contributed by atoms with E-state index in [9.17, 15) is 4.79 Å². The average molecular weight is 216 g/mol. The number of aryl methyl sites for hydroxylation is 1. The lowest BCUT2D eigenvalue weighted by Crippen LogP contribution is -2.33. The molecule has 0 spiro atoms. The van der Waals surface area contributed by atoms with Crippen LogP contribution < -0.4 is 0 Å². The number of amides is 1. The van der Waals surface area contributed by atoms with Crippen LogP contribution in [0.1, 0.15) is 24.8 Å². The molecular weight excluding hydrogens is 198 g/mol. The van der Waals surface area contributed by atoms with E-state index in [1.165, 1.54) is 5.56 Å². The zero-order valence-electron chi connectivity index (χ0n) is 9.56. The first-order valence-corrected chi connectivity index (χ1v) is 5.94. The molecule has 1 fully saturated rings. The van der Waals surface area contributed by atoms with Crippen molar-refractivity contribution in [3.05, 3.63) is 42.8 Å². The first-order chi connectivity index (χ1) is 7.77. The van der Waals surface area contributed by atoms with Crippen LogP contribution in [0.5, 0.6) is 0 Å². The summed E-state index contributed by atoms with van der Waals surface area (Å²) >= 11 is 0. The van der Waals surface area contributed by atoms with Crippen molar-refractivity contribution in [3.63, 3.8) is 0 Å². The van der Waals surface area contributed by atoms with Gasteiger partial charge in [0.1, 0.15) is 0 Å². The number of hydrogen-bond donors (Lipinski definition) is 0. The van der Waals surface area contributed by atoms with E-state index < -0.39 is 0 Å². The zero-order valence-corrected chi connectivity index (χ0v) is 9.56. The van der Waals surface area contributed by atoms with Gasteiger partial charge in [0.15, 0.2) is 0 Å². The van der Waals surface area contributed by atoms with Crippen LogP contribution in [0.2, 0.25) is 0 Å². The van der Waals surface area contributed by atoms with Crippen LogP contribution >= 0.6 is 0 Å². The fourth-order valence-electron chi connectivity index (χ4n) is 2.20. The van der Waals surface area contributed by atoms with Gasteiger partial charge in [-0.05, 0) is 31.7 Å². The fraction of sp³-hybridized carbons (Fsp3) is 0.429. The maximum Gasteiger partial charge on any atom is 0.223 e. The minimum absolute atomic E-state index is 0.197. The quantitative estimate of drug-likeness (QED) is 0.760. The van der Waals surface area contributed by atoms with Crippen LogP contribution in [0.15, 0.2) is 30.3 Å². The summed E-state index contributed by atoms with van der Waals surface area (Å²) in [4.78, 5) is 13.8. The molecule has 1 saturated heterocycles. The molecule has 0 unspecified atom stereocenters. The van der Waals surface area contributed by atoms with Gasteiger partial charge in [0.05, 0.1) is 0 Å².